The first-order valence-corrected chi connectivity index (χ1v) is 8.01. The standard InChI is InChI=1S/C19H17FN3O2/c1-12-10-24-19(25-11-12)18-22-16(13-2-4-15(20)5-3-13)17(23-18)14-6-8-21-9-7-14/h2-9,19H,10-11H2,1H3,(H,22,23). The summed E-state index contributed by atoms with van der Waals surface area (Å²) in [6, 6.07) is 10.1. The molecule has 1 fully saturated rings. The molecule has 1 aliphatic rings. The number of hydrogen-bond donors (Lipinski definition) is 1. The van der Waals surface area contributed by atoms with Crippen LogP contribution in [0.2, 0.25) is 0 Å². The third-order valence-electron chi connectivity index (χ3n) is 3.99. The van der Waals surface area contributed by atoms with E-state index in [0.29, 0.717) is 19.0 Å². The summed E-state index contributed by atoms with van der Waals surface area (Å²) in [7, 11) is 0. The van der Waals surface area contributed by atoms with Crippen molar-refractivity contribution >= 4 is 0 Å². The molecule has 0 atom stereocenters. The first kappa shape index (κ1) is 15.9. The molecule has 1 radical (unpaired) electrons. The normalized spacial score (nSPS) is 16.2. The average Bonchev–Trinajstić information content (AvgIpc) is 3.09. The predicted octanol–water partition coefficient (Wildman–Crippen LogP) is 3.92. The Morgan fingerprint density at radius 3 is 2.36 bits per heavy atom. The Labute approximate surface area is 144 Å². The third kappa shape index (κ3) is 3.31. The molecule has 1 saturated heterocycles. The summed E-state index contributed by atoms with van der Waals surface area (Å²) in [6.07, 6.45) is 2.89. The smallest absolute Gasteiger partial charge is 0.217 e. The lowest BCUT2D eigenvalue weighted by Gasteiger charge is -2.25. The van der Waals surface area contributed by atoms with Gasteiger partial charge in [-0.15, -0.1) is 0 Å². The highest BCUT2D eigenvalue weighted by Gasteiger charge is 2.26. The molecule has 0 spiro atoms. The van der Waals surface area contributed by atoms with Gasteiger partial charge in [0.25, 0.3) is 0 Å². The zero-order valence-corrected chi connectivity index (χ0v) is 13.7. The van der Waals surface area contributed by atoms with E-state index in [1.807, 2.05) is 19.1 Å². The summed E-state index contributed by atoms with van der Waals surface area (Å²) >= 11 is 0. The second kappa shape index (κ2) is 6.74. The predicted molar refractivity (Wildman–Crippen MR) is 90.8 cm³/mol. The van der Waals surface area contributed by atoms with Crippen molar-refractivity contribution in [1.29, 1.82) is 0 Å². The quantitative estimate of drug-likeness (QED) is 0.786. The Kier molecular flexibility index (Phi) is 4.29. The fraction of sp³-hybridized carbons (Fsp3) is 0.211. The number of aromatic amines is 1. The van der Waals surface area contributed by atoms with Gasteiger partial charge in [0.2, 0.25) is 6.29 Å². The Balaban J connectivity index is 1.77. The molecular weight excluding hydrogens is 321 g/mol. The average molecular weight is 338 g/mol. The fourth-order valence-corrected chi connectivity index (χ4v) is 2.73. The zero-order chi connectivity index (χ0) is 17.2. The molecule has 5 nitrogen and oxygen atoms in total. The van der Waals surface area contributed by atoms with Crippen molar-refractivity contribution in [3.8, 4) is 22.5 Å². The molecule has 0 amide bonds. The fourth-order valence-electron chi connectivity index (χ4n) is 2.73. The number of benzene rings is 1. The highest BCUT2D eigenvalue weighted by Crippen LogP contribution is 2.33. The Morgan fingerprint density at radius 1 is 1.00 bits per heavy atom. The maximum atomic E-state index is 13.3. The molecule has 1 aromatic carbocycles. The molecule has 0 saturated carbocycles. The lowest BCUT2D eigenvalue weighted by atomic mass is 10.1. The van der Waals surface area contributed by atoms with Crippen molar-refractivity contribution < 1.29 is 13.9 Å². The number of rotatable bonds is 3. The molecule has 1 N–H and O–H groups in total. The summed E-state index contributed by atoms with van der Waals surface area (Å²) in [6.45, 7) is 3.08. The van der Waals surface area contributed by atoms with Crippen LogP contribution < -0.4 is 0 Å². The van der Waals surface area contributed by atoms with Crippen LogP contribution in [0.15, 0.2) is 48.8 Å². The van der Waals surface area contributed by atoms with Gasteiger partial charge in [-0.1, -0.05) is 6.92 Å². The minimum Gasteiger partial charge on any atom is -0.345 e. The van der Waals surface area contributed by atoms with E-state index >= 15 is 0 Å². The largest absolute Gasteiger partial charge is 0.345 e. The van der Waals surface area contributed by atoms with Crippen molar-refractivity contribution in [3.63, 3.8) is 0 Å². The first-order valence-electron chi connectivity index (χ1n) is 8.01. The minimum atomic E-state index is -0.543. The number of H-pyrrole nitrogens is 1. The van der Waals surface area contributed by atoms with Gasteiger partial charge in [0.05, 0.1) is 24.6 Å². The van der Waals surface area contributed by atoms with Gasteiger partial charge < -0.3 is 14.5 Å². The molecule has 127 valence electrons. The van der Waals surface area contributed by atoms with E-state index in [-0.39, 0.29) is 5.82 Å². The monoisotopic (exact) mass is 338 g/mol. The summed E-state index contributed by atoms with van der Waals surface area (Å²) < 4.78 is 24.7. The van der Waals surface area contributed by atoms with E-state index < -0.39 is 6.29 Å². The van der Waals surface area contributed by atoms with Crippen LogP contribution in [0, 0.1) is 11.7 Å². The van der Waals surface area contributed by atoms with Crippen LogP contribution in [-0.4, -0.2) is 28.2 Å². The number of pyridine rings is 1. The number of hydrogen-bond acceptors (Lipinski definition) is 4. The second-order valence-electron chi connectivity index (χ2n) is 6.00. The lowest BCUT2D eigenvalue weighted by molar-refractivity contribution is -0.175. The lowest BCUT2D eigenvalue weighted by Crippen LogP contribution is -2.24. The maximum Gasteiger partial charge on any atom is 0.217 e. The van der Waals surface area contributed by atoms with Gasteiger partial charge in [0.1, 0.15) is 5.82 Å². The first-order chi connectivity index (χ1) is 12.2. The molecule has 6 heteroatoms. The van der Waals surface area contributed by atoms with Crippen LogP contribution in [0.5, 0.6) is 0 Å². The van der Waals surface area contributed by atoms with Gasteiger partial charge in [-0.2, -0.15) is 0 Å². The molecule has 3 heterocycles. The van der Waals surface area contributed by atoms with Gasteiger partial charge >= 0.3 is 0 Å². The van der Waals surface area contributed by atoms with Gasteiger partial charge in [0, 0.05) is 29.4 Å². The van der Waals surface area contributed by atoms with Crippen molar-refractivity contribution in [2.45, 2.75) is 13.2 Å². The molecule has 2 aromatic heterocycles. The van der Waals surface area contributed by atoms with E-state index in [0.717, 1.165) is 28.4 Å². The van der Waals surface area contributed by atoms with Crippen LogP contribution >= 0.6 is 0 Å². The number of aromatic nitrogens is 3. The number of imidazole rings is 1. The van der Waals surface area contributed by atoms with Crippen LogP contribution in [0.4, 0.5) is 4.39 Å². The third-order valence-corrected chi connectivity index (χ3v) is 3.99. The second-order valence-corrected chi connectivity index (χ2v) is 6.00. The van der Waals surface area contributed by atoms with Crippen LogP contribution in [0.1, 0.15) is 19.0 Å². The van der Waals surface area contributed by atoms with E-state index in [4.69, 9.17) is 9.47 Å². The van der Waals surface area contributed by atoms with Crippen molar-refractivity contribution in [1.82, 2.24) is 15.0 Å². The van der Waals surface area contributed by atoms with E-state index in [9.17, 15) is 4.39 Å². The highest BCUT2D eigenvalue weighted by atomic mass is 19.1. The molecule has 3 aromatic rings. The van der Waals surface area contributed by atoms with Crippen molar-refractivity contribution in [2.24, 2.45) is 0 Å². The summed E-state index contributed by atoms with van der Waals surface area (Å²) in [5, 5.41) is 0. The van der Waals surface area contributed by atoms with Crippen molar-refractivity contribution in [3.05, 3.63) is 66.4 Å². The molecular formula is C19H17FN3O2. The van der Waals surface area contributed by atoms with Gasteiger partial charge in [0.15, 0.2) is 5.82 Å². The van der Waals surface area contributed by atoms with Gasteiger partial charge in [-0.05, 0) is 36.4 Å². The van der Waals surface area contributed by atoms with Crippen LogP contribution in [0.25, 0.3) is 22.5 Å². The molecule has 4 rings (SSSR count). The number of halogens is 1. The van der Waals surface area contributed by atoms with E-state index in [1.165, 1.54) is 12.1 Å². The highest BCUT2D eigenvalue weighted by molar-refractivity contribution is 5.78. The molecule has 1 aliphatic heterocycles. The number of ether oxygens (including phenoxy) is 2. The molecule has 0 unspecified atom stereocenters. The Bertz CT molecular complexity index is 841. The maximum absolute atomic E-state index is 13.3. The minimum absolute atomic E-state index is 0.282. The van der Waals surface area contributed by atoms with Crippen LogP contribution in [0.3, 0.4) is 0 Å². The number of nitrogens with zero attached hydrogens (tertiary/aromatic N) is 2. The summed E-state index contributed by atoms with van der Waals surface area (Å²) in [4.78, 5) is 12.0. The van der Waals surface area contributed by atoms with Gasteiger partial charge in [-0.25, -0.2) is 9.37 Å². The Hall–Kier alpha value is -2.57. The molecule has 25 heavy (non-hydrogen) atoms. The number of nitrogens with one attached hydrogen (secondary N) is 1. The van der Waals surface area contributed by atoms with E-state index in [1.54, 1.807) is 24.5 Å². The topological polar surface area (TPSA) is 60.0 Å². The molecule has 0 bridgehead atoms. The SMILES string of the molecule is C[C]1COC(c2nc(-c3ccc(F)cc3)c(-c3ccncc3)[nH]2)OC1. The summed E-state index contributed by atoms with van der Waals surface area (Å²) in [5.74, 6) is 1.45. The van der Waals surface area contributed by atoms with Crippen LogP contribution in [-0.2, 0) is 9.47 Å². The van der Waals surface area contributed by atoms with Crippen molar-refractivity contribution in [2.75, 3.05) is 13.2 Å². The summed E-state index contributed by atoms with van der Waals surface area (Å²) in [5.41, 5.74) is 3.29. The molecule has 0 aliphatic carbocycles. The zero-order valence-electron chi connectivity index (χ0n) is 13.7. The van der Waals surface area contributed by atoms with Gasteiger partial charge in [-0.3, -0.25) is 4.98 Å². The Morgan fingerprint density at radius 2 is 1.68 bits per heavy atom. The van der Waals surface area contributed by atoms with E-state index in [2.05, 4.69) is 15.0 Å².